The van der Waals surface area contributed by atoms with Gasteiger partial charge in [-0.25, -0.2) is 10.2 Å². The number of nitrogens with two attached hydrogens (primary N) is 1. The molecule has 1 rings (SSSR count). The quantitative estimate of drug-likeness (QED) is 0.511. The number of carbonyl (C=O) groups excluding carboxylic acids is 1. The van der Waals surface area contributed by atoms with Crippen LogP contribution in [0.15, 0.2) is 0 Å². The second kappa shape index (κ2) is 4.18. The van der Waals surface area contributed by atoms with Crippen molar-refractivity contribution in [3.8, 4) is 0 Å². The van der Waals surface area contributed by atoms with Crippen molar-refractivity contribution in [2.75, 3.05) is 0 Å². The third-order valence-corrected chi connectivity index (χ3v) is 2.00. The van der Waals surface area contributed by atoms with E-state index >= 15 is 0 Å². The molecular formula is C7H15N3O. The molecule has 0 saturated heterocycles. The fourth-order valence-electron chi connectivity index (χ4n) is 1.42. The lowest BCUT2D eigenvalue weighted by Crippen LogP contribution is -2.47. The van der Waals surface area contributed by atoms with Gasteiger partial charge in [0.05, 0.1) is 0 Å². The minimum absolute atomic E-state index is 0.427. The topological polar surface area (TPSA) is 67.2 Å². The van der Waals surface area contributed by atoms with Gasteiger partial charge in [0.15, 0.2) is 0 Å². The largest absolute Gasteiger partial charge is 0.351 e. The Hall–Kier alpha value is -0.770. The lowest BCUT2D eigenvalue weighted by molar-refractivity contribution is 0.238. The average molecular weight is 157 g/mol. The van der Waals surface area contributed by atoms with Crippen LogP contribution in [0, 0.1) is 0 Å². The number of primary amides is 1. The third kappa shape index (κ3) is 3.23. The van der Waals surface area contributed by atoms with Crippen LogP contribution in [0.3, 0.4) is 0 Å². The van der Waals surface area contributed by atoms with Crippen LogP contribution in [0.1, 0.15) is 32.1 Å². The molecule has 0 aromatic heterocycles. The van der Waals surface area contributed by atoms with Crippen LogP contribution in [-0.4, -0.2) is 12.1 Å². The molecule has 64 valence electrons. The normalized spacial score (nSPS) is 19.6. The van der Waals surface area contributed by atoms with Gasteiger partial charge in [0.25, 0.3) is 0 Å². The fraction of sp³-hybridized carbons (Fsp3) is 0.857. The molecule has 0 spiro atoms. The molecule has 4 nitrogen and oxygen atoms in total. The Kier molecular flexibility index (Phi) is 3.16. The van der Waals surface area contributed by atoms with Gasteiger partial charge in [-0.3, -0.25) is 5.43 Å². The summed E-state index contributed by atoms with van der Waals surface area (Å²) < 4.78 is 0. The first-order chi connectivity index (χ1) is 5.29. The minimum Gasteiger partial charge on any atom is -0.351 e. The lowest BCUT2D eigenvalue weighted by atomic mass is 9.96. The molecule has 0 atom stereocenters. The Labute approximate surface area is 66.5 Å². The molecular weight excluding hydrogens is 142 g/mol. The van der Waals surface area contributed by atoms with Crippen molar-refractivity contribution < 1.29 is 4.79 Å². The van der Waals surface area contributed by atoms with E-state index in [9.17, 15) is 4.79 Å². The molecule has 0 heterocycles. The second-order valence-electron chi connectivity index (χ2n) is 2.97. The van der Waals surface area contributed by atoms with E-state index in [2.05, 4.69) is 10.9 Å². The number of nitrogens with one attached hydrogen (secondary N) is 2. The third-order valence-electron chi connectivity index (χ3n) is 2.00. The van der Waals surface area contributed by atoms with Crippen LogP contribution in [0.4, 0.5) is 4.79 Å². The summed E-state index contributed by atoms with van der Waals surface area (Å²) in [6.45, 7) is 0. The standard InChI is InChI=1S/C7H15N3O/c8-7(11)10-9-6-4-2-1-3-5-6/h6,9H,1-5H2,(H3,8,10,11). The predicted molar refractivity (Wildman–Crippen MR) is 42.7 cm³/mol. The molecule has 0 aromatic rings. The molecule has 1 aliphatic rings. The summed E-state index contributed by atoms with van der Waals surface area (Å²) in [7, 11) is 0. The molecule has 4 N–H and O–H groups in total. The summed E-state index contributed by atoms with van der Waals surface area (Å²) in [6.07, 6.45) is 6.09. The Bertz CT molecular complexity index is 132. The molecule has 0 aliphatic heterocycles. The van der Waals surface area contributed by atoms with E-state index in [1.807, 2.05) is 0 Å². The van der Waals surface area contributed by atoms with E-state index in [4.69, 9.17) is 5.73 Å². The monoisotopic (exact) mass is 157 g/mol. The van der Waals surface area contributed by atoms with Gasteiger partial charge in [-0.1, -0.05) is 19.3 Å². The highest BCUT2D eigenvalue weighted by Crippen LogP contribution is 2.16. The summed E-state index contributed by atoms with van der Waals surface area (Å²) in [5.41, 5.74) is 10.2. The molecule has 0 aromatic carbocycles. The predicted octanol–water partition coefficient (Wildman–Crippen LogP) is 0.492. The Balaban J connectivity index is 2.09. The highest BCUT2D eigenvalue weighted by molar-refractivity contribution is 5.70. The SMILES string of the molecule is NC(=O)NNC1CCCCC1. The van der Waals surface area contributed by atoms with Crippen LogP contribution in [0.5, 0.6) is 0 Å². The van der Waals surface area contributed by atoms with Crippen molar-refractivity contribution in [2.45, 2.75) is 38.1 Å². The lowest BCUT2D eigenvalue weighted by Gasteiger charge is -2.22. The van der Waals surface area contributed by atoms with Gasteiger partial charge in [0.2, 0.25) is 0 Å². The van der Waals surface area contributed by atoms with Gasteiger partial charge in [-0.05, 0) is 12.8 Å². The van der Waals surface area contributed by atoms with Crippen LogP contribution >= 0.6 is 0 Å². The maximum atomic E-state index is 10.3. The first-order valence-electron chi connectivity index (χ1n) is 4.10. The van der Waals surface area contributed by atoms with Crippen molar-refractivity contribution in [1.29, 1.82) is 0 Å². The summed E-state index contributed by atoms with van der Waals surface area (Å²) in [5.74, 6) is 0. The molecule has 1 saturated carbocycles. The molecule has 1 fully saturated rings. The molecule has 0 unspecified atom stereocenters. The average Bonchev–Trinajstić information content (AvgIpc) is 2.03. The summed E-state index contributed by atoms with van der Waals surface area (Å²) >= 11 is 0. The van der Waals surface area contributed by atoms with Gasteiger partial charge in [0.1, 0.15) is 0 Å². The Morgan fingerprint density at radius 1 is 1.27 bits per heavy atom. The number of carbonyl (C=O) groups is 1. The Morgan fingerprint density at radius 3 is 2.45 bits per heavy atom. The molecule has 11 heavy (non-hydrogen) atoms. The second-order valence-corrected chi connectivity index (χ2v) is 2.97. The number of rotatable bonds is 2. The number of hydrazine groups is 1. The van der Waals surface area contributed by atoms with Gasteiger partial charge < -0.3 is 5.73 Å². The van der Waals surface area contributed by atoms with Gasteiger partial charge >= 0.3 is 6.03 Å². The maximum absolute atomic E-state index is 10.3. The van der Waals surface area contributed by atoms with Crippen LogP contribution in [-0.2, 0) is 0 Å². The smallest absolute Gasteiger partial charge is 0.326 e. The van der Waals surface area contributed by atoms with Crippen molar-refractivity contribution >= 4 is 6.03 Å². The highest BCUT2D eigenvalue weighted by Gasteiger charge is 2.12. The van der Waals surface area contributed by atoms with Crippen molar-refractivity contribution in [3.63, 3.8) is 0 Å². The zero-order valence-corrected chi connectivity index (χ0v) is 6.60. The summed E-state index contributed by atoms with van der Waals surface area (Å²) in [4.78, 5) is 10.3. The number of hydrogen-bond acceptors (Lipinski definition) is 2. The van der Waals surface area contributed by atoms with Gasteiger partial charge in [-0.15, -0.1) is 0 Å². The van der Waals surface area contributed by atoms with E-state index in [-0.39, 0.29) is 0 Å². The first kappa shape index (κ1) is 8.33. The number of urea groups is 1. The van der Waals surface area contributed by atoms with Gasteiger partial charge in [0, 0.05) is 6.04 Å². The molecule has 0 bridgehead atoms. The zero-order valence-electron chi connectivity index (χ0n) is 6.60. The maximum Gasteiger partial charge on any atom is 0.326 e. The minimum atomic E-state index is -0.504. The van der Waals surface area contributed by atoms with E-state index in [0.717, 1.165) is 12.8 Å². The van der Waals surface area contributed by atoms with E-state index < -0.39 is 6.03 Å². The van der Waals surface area contributed by atoms with Crippen molar-refractivity contribution in [2.24, 2.45) is 5.73 Å². The molecule has 2 amide bonds. The number of amides is 2. The summed E-state index contributed by atoms with van der Waals surface area (Å²) in [5, 5.41) is 0. The molecule has 1 aliphatic carbocycles. The van der Waals surface area contributed by atoms with Crippen LogP contribution in [0.25, 0.3) is 0 Å². The zero-order chi connectivity index (χ0) is 8.10. The van der Waals surface area contributed by atoms with E-state index in [0.29, 0.717) is 6.04 Å². The molecule has 0 radical (unpaired) electrons. The summed E-state index contributed by atoms with van der Waals surface area (Å²) in [6, 6.07) is -0.0770. The van der Waals surface area contributed by atoms with Crippen LogP contribution < -0.4 is 16.6 Å². The van der Waals surface area contributed by atoms with E-state index in [1.165, 1.54) is 19.3 Å². The number of hydrogen-bond donors (Lipinski definition) is 3. The molecule has 4 heteroatoms. The van der Waals surface area contributed by atoms with Crippen molar-refractivity contribution in [1.82, 2.24) is 10.9 Å². The van der Waals surface area contributed by atoms with Crippen LogP contribution in [0.2, 0.25) is 0 Å². The Morgan fingerprint density at radius 2 is 1.91 bits per heavy atom. The highest BCUT2D eigenvalue weighted by atomic mass is 16.2. The first-order valence-corrected chi connectivity index (χ1v) is 4.10. The van der Waals surface area contributed by atoms with Gasteiger partial charge in [-0.2, -0.15) is 0 Å². The fourth-order valence-corrected chi connectivity index (χ4v) is 1.42. The van der Waals surface area contributed by atoms with Crippen molar-refractivity contribution in [3.05, 3.63) is 0 Å². The van der Waals surface area contributed by atoms with E-state index in [1.54, 1.807) is 0 Å².